The fraction of sp³-hybridized carbons (Fsp3) is 0.231. The highest BCUT2D eigenvalue weighted by atomic mass is 35.5. The first-order valence-electron chi connectivity index (χ1n) is 6.29. The van der Waals surface area contributed by atoms with E-state index in [-0.39, 0.29) is 17.3 Å². The number of benzene rings is 1. The maximum Gasteiger partial charge on any atom is 0.353 e. The van der Waals surface area contributed by atoms with Crippen molar-refractivity contribution in [3.05, 3.63) is 45.2 Å². The van der Waals surface area contributed by atoms with E-state index in [1.165, 1.54) is 6.33 Å². The molecule has 0 saturated carbocycles. The standard InChI is InChI=1S/C13H14ClN5O2/c1-3-15-12-11(19(20)21)13(17-7-16-12)18-10-5-4-9(14)6-8(10)2/h4-7H,3H2,1-2H3,(H2,15,16,17,18). The molecule has 8 heteroatoms. The molecule has 0 atom stereocenters. The minimum Gasteiger partial charge on any atom is -0.364 e. The normalized spacial score (nSPS) is 10.2. The molecule has 0 spiro atoms. The molecule has 2 N–H and O–H groups in total. The molecule has 2 rings (SSSR count). The summed E-state index contributed by atoms with van der Waals surface area (Å²) < 4.78 is 0. The predicted octanol–water partition coefficient (Wildman–Crippen LogP) is 3.52. The Kier molecular flexibility index (Phi) is 4.54. The average molecular weight is 308 g/mol. The number of rotatable bonds is 5. The molecule has 0 fully saturated rings. The van der Waals surface area contributed by atoms with E-state index in [9.17, 15) is 10.1 Å². The Morgan fingerprint density at radius 2 is 2.05 bits per heavy atom. The highest BCUT2D eigenvalue weighted by molar-refractivity contribution is 6.30. The van der Waals surface area contributed by atoms with Gasteiger partial charge in [-0.2, -0.15) is 0 Å². The van der Waals surface area contributed by atoms with Gasteiger partial charge in [0.15, 0.2) is 0 Å². The van der Waals surface area contributed by atoms with Crippen LogP contribution in [0.2, 0.25) is 5.02 Å². The molecular formula is C13H14ClN5O2. The zero-order chi connectivity index (χ0) is 15.4. The van der Waals surface area contributed by atoms with Gasteiger partial charge in [-0.25, -0.2) is 9.97 Å². The van der Waals surface area contributed by atoms with Gasteiger partial charge in [0.1, 0.15) is 6.33 Å². The van der Waals surface area contributed by atoms with E-state index in [1.807, 2.05) is 13.8 Å². The average Bonchev–Trinajstić information content (AvgIpc) is 2.42. The van der Waals surface area contributed by atoms with Crippen molar-refractivity contribution in [1.82, 2.24) is 9.97 Å². The second-order valence-corrected chi connectivity index (χ2v) is 4.73. The van der Waals surface area contributed by atoms with Crippen molar-refractivity contribution in [3.8, 4) is 0 Å². The summed E-state index contributed by atoms with van der Waals surface area (Å²) in [6.07, 6.45) is 1.28. The first-order chi connectivity index (χ1) is 10.0. The molecule has 7 nitrogen and oxygen atoms in total. The minimum absolute atomic E-state index is 0.136. The van der Waals surface area contributed by atoms with Crippen LogP contribution in [-0.2, 0) is 0 Å². The number of halogens is 1. The zero-order valence-corrected chi connectivity index (χ0v) is 12.3. The van der Waals surface area contributed by atoms with Crippen LogP contribution in [-0.4, -0.2) is 21.4 Å². The van der Waals surface area contributed by atoms with Crippen LogP contribution in [0, 0.1) is 17.0 Å². The van der Waals surface area contributed by atoms with Crippen LogP contribution in [0.4, 0.5) is 23.0 Å². The third kappa shape index (κ3) is 3.38. The summed E-state index contributed by atoms with van der Waals surface area (Å²) in [5.41, 5.74) is 1.37. The number of hydrogen-bond donors (Lipinski definition) is 2. The highest BCUT2D eigenvalue weighted by Crippen LogP contribution is 2.32. The summed E-state index contributed by atoms with van der Waals surface area (Å²) in [5.74, 6) is 0.322. The van der Waals surface area contributed by atoms with Gasteiger partial charge in [0, 0.05) is 17.3 Å². The molecule has 0 saturated heterocycles. The molecule has 0 amide bonds. The number of nitrogens with zero attached hydrogens (tertiary/aromatic N) is 3. The van der Waals surface area contributed by atoms with E-state index >= 15 is 0 Å². The van der Waals surface area contributed by atoms with E-state index in [4.69, 9.17) is 11.6 Å². The Balaban J connectivity index is 2.43. The minimum atomic E-state index is -0.508. The van der Waals surface area contributed by atoms with Crippen LogP contribution in [0.5, 0.6) is 0 Å². The number of aromatic nitrogens is 2. The highest BCUT2D eigenvalue weighted by Gasteiger charge is 2.22. The van der Waals surface area contributed by atoms with E-state index in [0.29, 0.717) is 17.3 Å². The summed E-state index contributed by atoms with van der Waals surface area (Å²) in [6.45, 7) is 4.21. The first-order valence-corrected chi connectivity index (χ1v) is 6.67. The van der Waals surface area contributed by atoms with Crippen molar-refractivity contribution in [1.29, 1.82) is 0 Å². The van der Waals surface area contributed by atoms with E-state index in [2.05, 4.69) is 20.6 Å². The number of nitrogens with one attached hydrogen (secondary N) is 2. The van der Waals surface area contributed by atoms with Gasteiger partial charge < -0.3 is 10.6 Å². The van der Waals surface area contributed by atoms with Gasteiger partial charge >= 0.3 is 5.69 Å². The second-order valence-electron chi connectivity index (χ2n) is 4.29. The lowest BCUT2D eigenvalue weighted by Crippen LogP contribution is -2.08. The van der Waals surface area contributed by atoms with E-state index < -0.39 is 4.92 Å². The summed E-state index contributed by atoms with van der Waals surface area (Å²) in [5, 5.41) is 17.7. The van der Waals surface area contributed by atoms with Crippen LogP contribution in [0.25, 0.3) is 0 Å². The van der Waals surface area contributed by atoms with Gasteiger partial charge in [-0.1, -0.05) is 11.6 Å². The Morgan fingerprint density at radius 3 is 2.67 bits per heavy atom. The van der Waals surface area contributed by atoms with Gasteiger partial charge in [0.05, 0.1) is 4.92 Å². The fourth-order valence-electron chi connectivity index (χ4n) is 1.83. The zero-order valence-electron chi connectivity index (χ0n) is 11.6. The van der Waals surface area contributed by atoms with Crippen LogP contribution in [0.15, 0.2) is 24.5 Å². The molecule has 1 heterocycles. The molecule has 1 aromatic heterocycles. The third-order valence-corrected chi connectivity index (χ3v) is 3.03. The number of aryl methyl sites for hydroxylation is 1. The monoisotopic (exact) mass is 307 g/mol. The summed E-state index contributed by atoms with van der Waals surface area (Å²) >= 11 is 5.90. The number of nitro groups is 1. The van der Waals surface area contributed by atoms with Crippen molar-refractivity contribution in [2.75, 3.05) is 17.2 Å². The SMILES string of the molecule is CCNc1ncnc(Nc2ccc(Cl)cc2C)c1[N+](=O)[O-]. The van der Waals surface area contributed by atoms with Gasteiger partial charge in [0.25, 0.3) is 0 Å². The van der Waals surface area contributed by atoms with Crippen LogP contribution in [0.1, 0.15) is 12.5 Å². The van der Waals surface area contributed by atoms with Crippen molar-refractivity contribution in [2.45, 2.75) is 13.8 Å². The van der Waals surface area contributed by atoms with Crippen molar-refractivity contribution in [3.63, 3.8) is 0 Å². The van der Waals surface area contributed by atoms with Crippen molar-refractivity contribution < 1.29 is 4.92 Å². The van der Waals surface area contributed by atoms with Gasteiger partial charge in [-0.15, -0.1) is 0 Å². The topological polar surface area (TPSA) is 93.0 Å². The second kappa shape index (κ2) is 6.36. The van der Waals surface area contributed by atoms with E-state index in [0.717, 1.165) is 5.56 Å². The van der Waals surface area contributed by atoms with E-state index in [1.54, 1.807) is 18.2 Å². The smallest absolute Gasteiger partial charge is 0.353 e. The number of hydrogen-bond acceptors (Lipinski definition) is 6. The largest absolute Gasteiger partial charge is 0.364 e. The molecule has 0 bridgehead atoms. The van der Waals surface area contributed by atoms with Crippen LogP contribution in [0.3, 0.4) is 0 Å². The first kappa shape index (κ1) is 15.0. The summed E-state index contributed by atoms with van der Waals surface area (Å²) in [6, 6.07) is 5.22. The molecule has 0 unspecified atom stereocenters. The lowest BCUT2D eigenvalue weighted by molar-refractivity contribution is -0.383. The molecule has 0 aliphatic carbocycles. The van der Waals surface area contributed by atoms with Crippen LogP contribution >= 0.6 is 11.6 Å². The molecule has 1 aromatic carbocycles. The Bertz CT molecular complexity index is 678. The van der Waals surface area contributed by atoms with Gasteiger partial charge in [-0.3, -0.25) is 10.1 Å². The molecule has 0 radical (unpaired) electrons. The molecule has 0 aliphatic rings. The van der Waals surface area contributed by atoms with Crippen LogP contribution < -0.4 is 10.6 Å². The third-order valence-electron chi connectivity index (χ3n) is 2.79. The molecule has 2 aromatic rings. The lowest BCUT2D eigenvalue weighted by Gasteiger charge is -2.11. The summed E-state index contributed by atoms with van der Waals surface area (Å²) in [4.78, 5) is 18.6. The maximum atomic E-state index is 11.3. The summed E-state index contributed by atoms with van der Waals surface area (Å²) in [7, 11) is 0. The lowest BCUT2D eigenvalue weighted by atomic mass is 10.2. The quantitative estimate of drug-likeness (QED) is 0.648. The Hall–Kier alpha value is -2.41. The van der Waals surface area contributed by atoms with Gasteiger partial charge in [-0.05, 0) is 37.6 Å². The Morgan fingerprint density at radius 1 is 1.33 bits per heavy atom. The maximum absolute atomic E-state index is 11.3. The van der Waals surface area contributed by atoms with Gasteiger partial charge in [0.2, 0.25) is 11.6 Å². The van der Waals surface area contributed by atoms with Crippen molar-refractivity contribution in [2.24, 2.45) is 0 Å². The molecular weight excluding hydrogens is 294 g/mol. The Labute approximate surface area is 126 Å². The molecule has 21 heavy (non-hydrogen) atoms. The molecule has 0 aliphatic heterocycles. The number of anilines is 3. The predicted molar refractivity (Wildman–Crippen MR) is 82.3 cm³/mol. The molecule has 110 valence electrons. The van der Waals surface area contributed by atoms with Crippen molar-refractivity contribution >= 4 is 34.6 Å². The fourth-order valence-corrected chi connectivity index (χ4v) is 2.06.